The Morgan fingerprint density at radius 1 is 1.05 bits per heavy atom. The maximum absolute atomic E-state index is 12.6. The summed E-state index contributed by atoms with van der Waals surface area (Å²) in [5, 5.41) is 4.17. The van der Waals surface area contributed by atoms with Gasteiger partial charge >= 0.3 is 5.56 Å². The number of rotatable bonds is 7. The average Bonchev–Trinajstić information content (AvgIpc) is 2.53. The van der Waals surface area contributed by atoms with Crippen molar-refractivity contribution < 1.29 is 9.47 Å². The molecule has 5 heteroatoms. The van der Waals surface area contributed by atoms with Crippen LogP contribution in [0.5, 0.6) is 11.5 Å². The van der Waals surface area contributed by atoms with Gasteiger partial charge in [-0.3, -0.25) is 4.79 Å². The second-order valence-electron chi connectivity index (χ2n) is 4.59. The summed E-state index contributed by atoms with van der Waals surface area (Å²) in [5.41, 5.74) is 0.397. The first-order valence-corrected chi connectivity index (χ1v) is 7.21. The molecule has 5 nitrogen and oxygen atoms in total. The largest absolute Gasteiger partial charge is 0.488 e. The van der Waals surface area contributed by atoms with E-state index in [9.17, 15) is 4.79 Å². The van der Waals surface area contributed by atoms with Crippen molar-refractivity contribution in [2.75, 3.05) is 13.2 Å². The minimum Gasteiger partial charge on any atom is -0.488 e. The topological polar surface area (TPSA) is 53.4 Å². The highest BCUT2D eigenvalue weighted by Crippen LogP contribution is 2.22. The van der Waals surface area contributed by atoms with Crippen LogP contribution in [0.15, 0.2) is 41.3 Å². The fourth-order valence-electron chi connectivity index (χ4n) is 1.83. The van der Waals surface area contributed by atoms with Crippen LogP contribution in [-0.2, 0) is 0 Å². The Labute approximate surface area is 124 Å². The Morgan fingerprint density at radius 3 is 2.38 bits per heavy atom. The van der Waals surface area contributed by atoms with Crippen LogP contribution in [0.25, 0.3) is 5.69 Å². The zero-order valence-corrected chi connectivity index (χ0v) is 12.4. The molecule has 0 saturated heterocycles. The minimum absolute atomic E-state index is 0.226. The summed E-state index contributed by atoms with van der Waals surface area (Å²) in [5.74, 6) is 0.631. The predicted molar refractivity (Wildman–Crippen MR) is 81.4 cm³/mol. The van der Waals surface area contributed by atoms with Crippen molar-refractivity contribution in [2.45, 2.75) is 26.7 Å². The second-order valence-corrected chi connectivity index (χ2v) is 4.59. The van der Waals surface area contributed by atoms with Gasteiger partial charge in [0.2, 0.25) is 5.75 Å². The molecule has 0 atom stereocenters. The molecule has 0 aliphatic heterocycles. The highest BCUT2D eigenvalue weighted by Gasteiger charge is 2.15. The molecule has 1 aromatic carbocycles. The summed E-state index contributed by atoms with van der Waals surface area (Å²) in [7, 11) is 0. The van der Waals surface area contributed by atoms with Crippen LogP contribution in [0.4, 0.5) is 0 Å². The van der Waals surface area contributed by atoms with E-state index < -0.39 is 0 Å². The summed E-state index contributed by atoms with van der Waals surface area (Å²) < 4.78 is 12.5. The third-order valence-corrected chi connectivity index (χ3v) is 2.81. The maximum Gasteiger partial charge on any atom is 0.317 e. The van der Waals surface area contributed by atoms with Gasteiger partial charge in [-0.25, -0.2) is 0 Å². The molecule has 1 heterocycles. The van der Waals surface area contributed by atoms with Crippen molar-refractivity contribution in [2.24, 2.45) is 0 Å². The van der Waals surface area contributed by atoms with E-state index in [-0.39, 0.29) is 11.3 Å². The van der Waals surface area contributed by atoms with Gasteiger partial charge in [0.25, 0.3) is 0 Å². The smallest absolute Gasteiger partial charge is 0.317 e. The highest BCUT2D eigenvalue weighted by molar-refractivity contribution is 5.39. The van der Waals surface area contributed by atoms with Gasteiger partial charge in [0.1, 0.15) is 0 Å². The fourth-order valence-corrected chi connectivity index (χ4v) is 1.83. The van der Waals surface area contributed by atoms with Crippen LogP contribution in [-0.4, -0.2) is 23.0 Å². The van der Waals surface area contributed by atoms with Crippen molar-refractivity contribution in [1.29, 1.82) is 0 Å². The summed E-state index contributed by atoms with van der Waals surface area (Å²) in [4.78, 5) is 12.6. The van der Waals surface area contributed by atoms with Gasteiger partial charge in [-0.1, -0.05) is 32.0 Å². The van der Waals surface area contributed by atoms with Crippen molar-refractivity contribution in [3.8, 4) is 17.2 Å². The number of nitrogens with zero attached hydrogens (tertiary/aromatic N) is 2. The third-order valence-electron chi connectivity index (χ3n) is 2.81. The second kappa shape index (κ2) is 7.47. The molecule has 0 N–H and O–H groups in total. The van der Waals surface area contributed by atoms with E-state index in [1.165, 1.54) is 10.9 Å². The van der Waals surface area contributed by atoms with E-state index in [1.807, 2.05) is 44.2 Å². The number of hydrogen-bond donors (Lipinski definition) is 0. The summed E-state index contributed by atoms with van der Waals surface area (Å²) in [6, 6.07) is 9.26. The van der Waals surface area contributed by atoms with E-state index >= 15 is 0 Å². The van der Waals surface area contributed by atoms with Gasteiger partial charge in [0, 0.05) is 0 Å². The highest BCUT2D eigenvalue weighted by atomic mass is 16.5. The molecular formula is C16H20N2O3. The molecular weight excluding hydrogens is 268 g/mol. The Bertz CT molecular complexity index is 623. The van der Waals surface area contributed by atoms with Gasteiger partial charge in [0.15, 0.2) is 5.75 Å². The van der Waals surface area contributed by atoms with Crippen LogP contribution < -0.4 is 15.0 Å². The number of aromatic nitrogens is 2. The quantitative estimate of drug-likeness (QED) is 0.786. The number of ether oxygens (including phenoxy) is 2. The maximum atomic E-state index is 12.6. The zero-order chi connectivity index (χ0) is 15.1. The average molecular weight is 288 g/mol. The molecule has 1 aromatic heterocycles. The fraction of sp³-hybridized carbons (Fsp3) is 0.375. The lowest BCUT2D eigenvalue weighted by atomic mass is 10.3. The third kappa shape index (κ3) is 3.62. The van der Waals surface area contributed by atoms with Crippen LogP contribution in [0.2, 0.25) is 0 Å². The molecule has 21 heavy (non-hydrogen) atoms. The van der Waals surface area contributed by atoms with Crippen LogP contribution in [0.3, 0.4) is 0 Å². The van der Waals surface area contributed by atoms with Crippen molar-refractivity contribution in [3.05, 3.63) is 46.9 Å². The first kappa shape index (κ1) is 15.1. The standard InChI is InChI=1S/C16H20N2O3/c1-3-10-20-14-12-17-18(13-8-6-5-7-9-13)16(19)15(14)21-11-4-2/h5-9,12H,3-4,10-11H2,1-2H3. The van der Waals surface area contributed by atoms with Gasteiger partial charge in [-0.2, -0.15) is 9.78 Å². The minimum atomic E-state index is -0.303. The molecule has 0 saturated carbocycles. The molecule has 0 aliphatic rings. The number of para-hydroxylation sites is 1. The molecule has 112 valence electrons. The summed E-state index contributed by atoms with van der Waals surface area (Å²) >= 11 is 0. The summed E-state index contributed by atoms with van der Waals surface area (Å²) in [6.45, 7) is 4.99. The lowest BCUT2D eigenvalue weighted by molar-refractivity contribution is 0.261. The number of benzene rings is 1. The Balaban J connectivity index is 2.43. The molecule has 0 bridgehead atoms. The lowest BCUT2D eigenvalue weighted by Gasteiger charge is -2.13. The van der Waals surface area contributed by atoms with Gasteiger partial charge in [0.05, 0.1) is 25.1 Å². The SMILES string of the molecule is CCCOc1cnn(-c2ccccc2)c(=O)c1OCCC. The molecule has 0 aliphatic carbocycles. The van der Waals surface area contributed by atoms with Crippen molar-refractivity contribution in [3.63, 3.8) is 0 Å². The molecule has 0 radical (unpaired) electrons. The Kier molecular flexibility index (Phi) is 5.37. The number of hydrogen-bond acceptors (Lipinski definition) is 4. The van der Waals surface area contributed by atoms with Gasteiger partial charge in [-0.15, -0.1) is 0 Å². The first-order valence-electron chi connectivity index (χ1n) is 7.21. The molecule has 2 aromatic rings. The monoisotopic (exact) mass is 288 g/mol. The predicted octanol–water partition coefficient (Wildman–Crippen LogP) is 2.81. The Morgan fingerprint density at radius 2 is 1.71 bits per heavy atom. The Hall–Kier alpha value is -2.30. The van der Waals surface area contributed by atoms with Gasteiger partial charge in [-0.05, 0) is 25.0 Å². The van der Waals surface area contributed by atoms with Gasteiger partial charge < -0.3 is 9.47 Å². The normalized spacial score (nSPS) is 10.4. The van der Waals surface area contributed by atoms with E-state index in [0.717, 1.165) is 12.8 Å². The van der Waals surface area contributed by atoms with E-state index in [4.69, 9.17) is 9.47 Å². The van der Waals surface area contributed by atoms with Crippen LogP contribution in [0, 0.1) is 0 Å². The van der Waals surface area contributed by atoms with E-state index in [0.29, 0.717) is 24.7 Å². The molecule has 0 unspecified atom stereocenters. The lowest BCUT2D eigenvalue weighted by Crippen LogP contribution is -2.24. The molecule has 0 amide bonds. The molecule has 0 fully saturated rings. The first-order chi connectivity index (χ1) is 10.3. The molecule has 0 spiro atoms. The van der Waals surface area contributed by atoms with Crippen LogP contribution in [0.1, 0.15) is 26.7 Å². The summed E-state index contributed by atoms with van der Waals surface area (Å²) in [6.07, 6.45) is 3.21. The molecule has 2 rings (SSSR count). The van der Waals surface area contributed by atoms with E-state index in [2.05, 4.69) is 5.10 Å². The zero-order valence-electron chi connectivity index (χ0n) is 12.4. The van der Waals surface area contributed by atoms with Crippen molar-refractivity contribution >= 4 is 0 Å². The van der Waals surface area contributed by atoms with Crippen LogP contribution >= 0.6 is 0 Å². The van der Waals surface area contributed by atoms with E-state index in [1.54, 1.807) is 0 Å². The van der Waals surface area contributed by atoms with Crippen molar-refractivity contribution in [1.82, 2.24) is 9.78 Å².